The molecule has 3 rings (SSSR count). The van der Waals surface area contributed by atoms with Crippen LogP contribution in [-0.4, -0.2) is 26.2 Å². The van der Waals surface area contributed by atoms with Gasteiger partial charge in [0.15, 0.2) is 5.75 Å². The van der Waals surface area contributed by atoms with E-state index >= 15 is 0 Å². The average molecular weight is 268 g/mol. The van der Waals surface area contributed by atoms with Crippen LogP contribution in [0.3, 0.4) is 0 Å². The van der Waals surface area contributed by atoms with E-state index in [2.05, 4.69) is 61.3 Å². The summed E-state index contributed by atoms with van der Waals surface area (Å²) in [5.74, 6) is 0.950. The fourth-order valence-corrected chi connectivity index (χ4v) is 2.77. The van der Waals surface area contributed by atoms with Crippen molar-refractivity contribution < 1.29 is 4.74 Å². The van der Waals surface area contributed by atoms with E-state index in [1.807, 2.05) is 0 Å². The Labute approximate surface area is 120 Å². The Bertz CT molecular complexity index is 624. The number of rotatable bonds is 2. The zero-order chi connectivity index (χ0) is 14.1. The number of benzene rings is 2. The predicted molar refractivity (Wildman–Crippen MR) is 83.4 cm³/mol. The van der Waals surface area contributed by atoms with Crippen molar-refractivity contribution in [1.29, 1.82) is 0 Å². The highest BCUT2D eigenvalue weighted by Gasteiger charge is 2.25. The van der Waals surface area contributed by atoms with Gasteiger partial charge in [0.25, 0.3) is 0 Å². The normalized spacial score (nSPS) is 17.6. The van der Waals surface area contributed by atoms with Crippen LogP contribution >= 0.6 is 0 Å². The van der Waals surface area contributed by atoms with Gasteiger partial charge in [-0.1, -0.05) is 36.4 Å². The van der Waals surface area contributed by atoms with Crippen LogP contribution in [-0.2, 0) is 0 Å². The van der Waals surface area contributed by atoms with Crippen LogP contribution in [0, 0.1) is 6.92 Å². The lowest BCUT2D eigenvalue weighted by atomic mass is 9.98. The largest absolute Gasteiger partial charge is 0.484 e. The molecule has 3 nitrogen and oxygen atoms in total. The van der Waals surface area contributed by atoms with E-state index in [1.54, 1.807) is 0 Å². The number of nitrogens with zero attached hydrogens (tertiary/aromatic N) is 1. The van der Waals surface area contributed by atoms with Crippen LogP contribution in [0.25, 0.3) is 11.1 Å². The van der Waals surface area contributed by atoms with E-state index in [9.17, 15) is 0 Å². The molecule has 2 aromatic rings. The number of nitrogens with two attached hydrogens (primary N) is 1. The Balaban J connectivity index is 2.15. The summed E-state index contributed by atoms with van der Waals surface area (Å²) in [6.07, 6.45) is 0.0534. The minimum atomic E-state index is 0.0534. The van der Waals surface area contributed by atoms with Gasteiger partial charge in [0.05, 0.1) is 12.2 Å². The van der Waals surface area contributed by atoms with Gasteiger partial charge in [-0.3, -0.25) is 0 Å². The van der Waals surface area contributed by atoms with E-state index in [1.165, 1.54) is 11.1 Å². The van der Waals surface area contributed by atoms with Gasteiger partial charge in [-0.25, -0.2) is 0 Å². The van der Waals surface area contributed by atoms with Gasteiger partial charge in [0, 0.05) is 19.2 Å². The lowest BCUT2D eigenvalue weighted by Gasteiger charge is -2.34. The molecule has 1 aliphatic heterocycles. The predicted octanol–water partition coefficient (Wildman–Crippen LogP) is 2.82. The van der Waals surface area contributed by atoms with Crippen LogP contribution in [0.5, 0.6) is 5.75 Å². The average Bonchev–Trinajstić information content (AvgIpc) is 2.47. The molecule has 20 heavy (non-hydrogen) atoms. The van der Waals surface area contributed by atoms with E-state index in [-0.39, 0.29) is 6.10 Å². The fraction of sp³-hybridized carbons (Fsp3) is 0.294. The zero-order valence-electron chi connectivity index (χ0n) is 12.0. The summed E-state index contributed by atoms with van der Waals surface area (Å²) in [4.78, 5) is 2.22. The summed E-state index contributed by atoms with van der Waals surface area (Å²) in [5.41, 5.74) is 10.5. The van der Waals surface area contributed by atoms with Gasteiger partial charge in [0.1, 0.15) is 6.10 Å². The van der Waals surface area contributed by atoms with Crippen molar-refractivity contribution in [3.05, 3.63) is 48.0 Å². The Morgan fingerprint density at radius 1 is 1.15 bits per heavy atom. The number of likely N-dealkylation sites (N-methyl/N-ethyl adjacent to an activating group) is 1. The molecule has 1 heterocycles. The fourth-order valence-electron chi connectivity index (χ4n) is 2.77. The van der Waals surface area contributed by atoms with Gasteiger partial charge >= 0.3 is 0 Å². The third-order valence-corrected chi connectivity index (χ3v) is 3.87. The quantitative estimate of drug-likeness (QED) is 0.910. The lowest BCUT2D eigenvalue weighted by molar-refractivity contribution is 0.205. The van der Waals surface area contributed by atoms with Crippen molar-refractivity contribution in [2.45, 2.75) is 13.0 Å². The molecule has 3 heteroatoms. The van der Waals surface area contributed by atoms with Gasteiger partial charge in [-0.15, -0.1) is 0 Å². The molecule has 0 saturated carbocycles. The Morgan fingerprint density at radius 3 is 2.65 bits per heavy atom. The number of fused-ring (bicyclic) bond motifs is 1. The molecule has 1 atom stereocenters. The number of hydrogen-bond acceptors (Lipinski definition) is 3. The van der Waals surface area contributed by atoms with E-state index < -0.39 is 0 Å². The summed E-state index contributed by atoms with van der Waals surface area (Å²) in [6.45, 7) is 3.49. The monoisotopic (exact) mass is 268 g/mol. The maximum atomic E-state index is 6.13. The van der Waals surface area contributed by atoms with Crippen molar-refractivity contribution in [1.82, 2.24) is 0 Å². The molecule has 0 radical (unpaired) electrons. The van der Waals surface area contributed by atoms with E-state index in [4.69, 9.17) is 10.5 Å². The number of hydrogen-bond donors (Lipinski definition) is 1. The lowest BCUT2D eigenvalue weighted by Crippen LogP contribution is -2.42. The molecular weight excluding hydrogens is 248 g/mol. The third-order valence-electron chi connectivity index (χ3n) is 3.87. The first-order valence-electron chi connectivity index (χ1n) is 6.97. The molecule has 2 aromatic carbocycles. The first kappa shape index (κ1) is 13.0. The van der Waals surface area contributed by atoms with Crippen LogP contribution in [0.4, 0.5) is 5.69 Å². The van der Waals surface area contributed by atoms with Gasteiger partial charge in [-0.2, -0.15) is 0 Å². The maximum Gasteiger partial charge on any atom is 0.151 e. The second-order valence-electron chi connectivity index (χ2n) is 5.32. The van der Waals surface area contributed by atoms with E-state index in [0.717, 1.165) is 23.5 Å². The zero-order valence-corrected chi connectivity index (χ0v) is 12.0. The second-order valence-corrected chi connectivity index (χ2v) is 5.32. The number of para-hydroxylation sites is 1. The summed E-state index contributed by atoms with van der Waals surface area (Å²) < 4.78 is 6.13. The first-order valence-corrected chi connectivity index (χ1v) is 6.97. The van der Waals surface area contributed by atoms with Gasteiger partial charge < -0.3 is 15.4 Å². The minimum absolute atomic E-state index is 0.0534. The van der Waals surface area contributed by atoms with Crippen LogP contribution in [0.2, 0.25) is 0 Å². The van der Waals surface area contributed by atoms with Crippen LogP contribution in [0.1, 0.15) is 5.56 Å². The standard InChI is InChI=1S/C17H20N2O/c1-12-6-3-4-7-14(12)15-8-5-9-16-17(15)20-13(10-18)11-19(16)2/h3-9,13H,10-11,18H2,1-2H3/t13-/m1/s1. The third kappa shape index (κ3) is 2.14. The smallest absolute Gasteiger partial charge is 0.151 e. The highest BCUT2D eigenvalue weighted by Crippen LogP contribution is 2.41. The molecule has 2 N–H and O–H groups in total. The van der Waals surface area contributed by atoms with Crippen molar-refractivity contribution in [2.24, 2.45) is 5.73 Å². The summed E-state index contributed by atoms with van der Waals surface area (Å²) in [6, 6.07) is 14.7. The number of anilines is 1. The highest BCUT2D eigenvalue weighted by atomic mass is 16.5. The Hall–Kier alpha value is -2.00. The Morgan fingerprint density at radius 2 is 1.90 bits per heavy atom. The van der Waals surface area contributed by atoms with Gasteiger partial charge in [-0.05, 0) is 24.1 Å². The molecule has 0 spiro atoms. The number of ether oxygens (including phenoxy) is 1. The minimum Gasteiger partial charge on any atom is -0.484 e. The molecule has 0 unspecified atom stereocenters. The SMILES string of the molecule is Cc1ccccc1-c1cccc2c1O[C@H](CN)CN2C. The summed E-state index contributed by atoms with van der Waals surface area (Å²) in [5, 5.41) is 0. The highest BCUT2D eigenvalue weighted by molar-refractivity contribution is 5.81. The van der Waals surface area contributed by atoms with E-state index in [0.29, 0.717) is 6.54 Å². The molecule has 1 aliphatic rings. The summed E-state index contributed by atoms with van der Waals surface area (Å²) in [7, 11) is 2.09. The maximum absolute atomic E-state index is 6.13. The second kappa shape index (κ2) is 5.17. The molecular formula is C17H20N2O. The molecule has 0 fully saturated rings. The first-order chi connectivity index (χ1) is 9.70. The van der Waals surface area contributed by atoms with Crippen LogP contribution < -0.4 is 15.4 Å². The molecule has 0 aromatic heterocycles. The topological polar surface area (TPSA) is 38.5 Å². The van der Waals surface area contributed by atoms with Crippen molar-refractivity contribution in [3.8, 4) is 16.9 Å². The molecule has 0 saturated heterocycles. The Kier molecular flexibility index (Phi) is 3.36. The summed E-state index contributed by atoms with van der Waals surface area (Å²) >= 11 is 0. The van der Waals surface area contributed by atoms with Gasteiger partial charge in [0.2, 0.25) is 0 Å². The molecule has 0 bridgehead atoms. The molecule has 0 amide bonds. The van der Waals surface area contributed by atoms with Crippen molar-refractivity contribution in [2.75, 3.05) is 25.0 Å². The molecule has 104 valence electrons. The van der Waals surface area contributed by atoms with Crippen molar-refractivity contribution in [3.63, 3.8) is 0 Å². The van der Waals surface area contributed by atoms with Crippen LogP contribution in [0.15, 0.2) is 42.5 Å². The number of aryl methyl sites for hydroxylation is 1. The molecule has 0 aliphatic carbocycles. The van der Waals surface area contributed by atoms with Crippen molar-refractivity contribution >= 4 is 5.69 Å².